The van der Waals surface area contributed by atoms with Crippen molar-refractivity contribution in [3.63, 3.8) is 0 Å². The molecule has 0 unspecified atom stereocenters. The Morgan fingerprint density at radius 3 is 1.40 bits per heavy atom. The number of aromatic nitrogens is 2. The molecule has 0 N–H and O–H groups in total. The predicted molar refractivity (Wildman–Crippen MR) is 203 cm³/mol. The van der Waals surface area contributed by atoms with Gasteiger partial charge >= 0.3 is 0 Å². The molecule has 53 heavy (non-hydrogen) atoms. The number of nitrogens with zero attached hydrogens (tertiary/aromatic N) is 7. The fraction of sp³-hybridized carbons (Fsp3) is 0.0217. The summed E-state index contributed by atoms with van der Waals surface area (Å²) in [4.78, 5) is 7.54. The van der Waals surface area contributed by atoms with Gasteiger partial charge in [0.05, 0.1) is 74.4 Å². The first-order valence-electron chi connectivity index (χ1n) is 17.0. The fourth-order valence-corrected chi connectivity index (χ4v) is 8.61. The lowest BCUT2D eigenvalue weighted by Gasteiger charge is -2.44. The smallest absolute Gasteiger partial charge is 0.140 e. The van der Waals surface area contributed by atoms with E-state index < -0.39 is 5.41 Å². The van der Waals surface area contributed by atoms with Crippen molar-refractivity contribution < 1.29 is 0 Å². The van der Waals surface area contributed by atoms with Gasteiger partial charge < -0.3 is 0 Å². The van der Waals surface area contributed by atoms with Gasteiger partial charge in [-0.15, -0.1) is 0 Å². The Bertz CT molecular complexity index is 2900. The molecular formula is C46H23N7. The van der Waals surface area contributed by atoms with Gasteiger partial charge in [0.25, 0.3) is 0 Å². The van der Waals surface area contributed by atoms with Crippen molar-refractivity contribution in [3.05, 3.63) is 184 Å². The molecule has 10 rings (SSSR count). The van der Waals surface area contributed by atoms with Crippen molar-refractivity contribution in [3.8, 4) is 41.2 Å². The van der Waals surface area contributed by atoms with Gasteiger partial charge in [0.15, 0.2) is 0 Å². The average molecular weight is 674 g/mol. The van der Waals surface area contributed by atoms with Gasteiger partial charge in [-0.25, -0.2) is 4.98 Å². The van der Waals surface area contributed by atoms with Crippen LogP contribution in [-0.4, -0.2) is 9.55 Å². The second kappa shape index (κ2) is 11.0. The molecule has 0 saturated carbocycles. The summed E-state index contributed by atoms with van der Waals surface area (Å²) in [5.41, 5.74) is 11.1. The lowest BCUT2D eigenvalue weighted by molar-refractivity contribution is 0.750. The number of nitriles is 4. The topological polar surface area (TPSA) is 116 Å². The molecule has 0 saturated heterocycles. The highest BCUT2D eigenvalue weighted by Crippen LogP contribution is 2.63. The number of fused-ring (bicyclic) bond motifs is 12. The first-order valence-corrected chi connectivity index (χ1v) is 17.0. The van der Waals surface area contributed by atoms with Crippen LogP contribution in [-0.2, 0) is 5.41 Å². The molecule has 1 spiro atoms. The zero-order chi connectivity index (χ0) is 35.8. The highest BCUT2D eigenvalue weighted by Gasteiger charge is 2.52. The zero-order valence-electron chi connectivity index (χ0n) is 27.9. The van der Waals surface area contributed by atoms with E-state index >= 15 is 0 Å². The molecule has 2 aliphatic rings. The molecule has 1 aliphatic carbocycles. The Kier molecular flexibility index (Phi) is 6.22. The zero-order valence-corrected chi connectivity index (χ0v) is 27.9. The number of anilines is 3. The molecule has 6 aromatic carbocycles. The Morgan fingerprint density at radius 2 is 0.887 bits per heavy atom. The maximum absolute atomic E-state index is 10.1. The van der Waals surface area contributed by atoms with Crippen molar-refractivity contribution >= 4 is 39.0 Å². The minimum absolute atomic E-state index is 0.537. The molecule has 0 bridgehead atoms. The van der Waals surface area contributed by atoms with Crippen LogP contribution in [0.4, 0.5) is 17.2 Å². The molecule has 242 valence electrons. The molecule has 0 fully saturated rings. The van der Waals surface area contributed by atoms with Crippen molar-refractivity contribution in [1.29, 1.82) is 21.0 Å². The van der Waals surface area contributed by atoms with Gasteiger partial charge in [-0.3, -0.25) is 9.47 Å². The van der Waals surface area contributed by atoms with Crippen molar-refractivity contribution in [1.82, 2.24) is 9.55 Å². The number of rotatable bonds is 2. The van der Waals surface area contributed by atoms with E-state index in [1.807, 2.05) is 103 Å². The van der Waals surface area contributed by atoms with Crippen LogP contribution in [0.3, 0.4) is 0 Å². The second-order valence-corrected chi connectivity index (χ2v) is 13.2. The number of pyridine rings is 1. The number of benzene rings is 6. The van der Waals surface area contributed by atoms with Crippen LogP contribution in [0.15, 0.2) is 140 Å². The van der Waals surface area contributed by atoms with Gasteiger partial charge in [-0.2, -0.15) is 21.0 Å². The summed E-state index contributed by atoms with van der Waals surface area (Å²) >= 11 is 0. The first kappa shape index (κ1) is 29.9. The normalized spacial score (nSPS) is 12.9. The maximum Gasteiger partial charge on any atom is 0.140 e. The van der Waals surface area contributed by atoms with Crippen LogP contribution in [0, 0.1) is 45.3 Å². The van der Waals surface area contributed by atoms with Crippen molar-refractivity contribution in [2.75, 3.05) is 4.90 Å². The van der Waals surface area contributed by atoms with Crippen LogP contribution < -0.4 is 4.90 Å². The summed E-state index contributed by atoms with van der Waals surface area (Å²) in [5.74, 6) is 1.38. The molecular weight excluding hydrogens is 651 g/mol. The summed E-state index contributed by atoms with van der Waals surface area (Å²) in [6, 6.07) is 54.8. The Balaban J connectivity index is 1.25. The Hall–Kier alpha value is -7.97. The third kappa shape index (κ3) is 3.97. The van der Waals surface area contributed by atoms with E-state index in [0.717, 1.165) is 66.6 Å². The van der Waals surface area contributed by atoms with Gasteiger partial charge in [0.1, 0.15) is 11.6 Å². The number of hydrogen-bond donors (Lipinski definition) is 0. The average Bonchev–Trinajstić information content (AvgIpc) is 3.70. The quantitative estimate of drug-likeness (QED) is 0.180. The van der Waals surface area contributed by atoms with Crippen LogP contribution in [0.1, 0.15) is 44.5 Å². The summed E-state index contributed by atoms with van der Waals surface area (Å²) in [5, 5.41) is 41.3. The van der Waals surface area contributed by atoms with Crippen molar-refractivity contribution in [2.24, 2.45) is 0 Å². The van der Waals surface area contributed by atoms with Gasteiger partial charge in [-0.1, -0.05) is 54.6 Å². The number of para-hydroxylation sites is 2. The third-order valence-electron chi connectivity index (χ3n) is 10.7. The summed E-state index contributed by atoms with van der Waals surface area (Å²) in [7, 11) is 0. The van der Waals surface area contributed by atoms with E-state index in [1.54, 1.807) is 12.1 Å². The van der Waals surface area contributed by atoms with Gasteiger partial charge in [0, 0.05) is 10.8 Å². The second-order valence-electron chi connectivity index (χ2n) is 13.2. The van der Waals surface area contributed by atoms with Crippen LogP contribution in [0.2, 0.25) is 0 Å². The summed E-state index contributed by atoms with van der Waals surface area (Å²) < 4.78 is 2.08. The largest absolute Gasteiger partial charge is 0.294 e. The predicted octanol–water partition coefficient (Wildman–Crippen LogP) is 9.81. The number of hydrogen-bond acceptors (Lipinski definition) is 6. The molecule has 0 atom stereocenters. The van der Waals surface area contributed by atoms with Gasteiger partial charge in [-0.05, 0) is 118 Å². The molecule has 7 heteroatoms. The van der Waals surface area contributed by atoms with Gasteiger partial charge in [0.2, 0.25) is 0 Å². The van der Waals surface area contributed by atoms with Crippen molar-refractivity contribution in [2.45, 2.75) is 5.41 Å². The van der Waals surface area contributed by atoms with Crippen LogP contribution in [0.5, 0.6) is 0 Å². The SMILES string of the molecule is N#Cc1ccc2c(c1)C1(c3cc(C#N)ccc3-2)c2ccccc2N(c2cccc(-n3c4ccc(C#N)cc4c4cc(C#N)ccc43)n2)c2ccccc21. The third-order valence-corrected chi connectivity index (χ3v) is 10.7. The highest BCUT2D eigenvalue weighted by molar-refractivity contribution is 6.10. The molecule has 1 aliphatic heterocycles. The van der Waals surface area contributed by atoms with E-state index in [0.29, 0.717) is 33.9 Å². The van der Waals surface area contributed by atoms with E-state index in [4.69, 9.17) is 4.98 Å². The standard InChI is InChI=1S/C46H23N7/c47-24-28-14-18-40-34(20-28)35-21-29(25-48)15-19-41(35)52(40)44-10-5-11-45(51-44)53-42-8-3-1-6-36(42)46(37-7-2-4-9-43(37)53)38-22-30(26-49)12-16-32(38)33-17-13-31(27-50)23-39(33)46/h1-23H. The molecule has 8 aromatic rings. The molecule has 7 nitrogen and oxygen atoms in total. The molecule has 3 heterocycles. The van der Waals surface area contributed by atoms with Crippen LogP contribution >= 0.6 is 0 Å². The minimum Gasteiger partial charge on any atom is -0.294 e. The lowest BCUT2D eigenvalue weighted by atomic mass is 9.64. The van der Waals surface area contributed by atoms with E-state index in [1.165, 1.54) is 0 Å². The van der Waals surface area contributed by atoms with E-state index in [2.05, 4.69) is 58.0 Å². The maximum atomic E-state index is 10.1. The minimum atomic E-state index is -0.810. The molecule has 2 aromatic heterocycles. The molecule has 0 amide bonds. The van der Waals surface area contributed by atoms with E-state index in [-0.39, 0.29) is 0 Å². The fourth-order valence-electron chi connectivity index (χ4n) is 8.61. The Labute approximate surface area is 304 Å². The molecule has 0 radical (unpaired) electrons. The lowest BCUT2D eigenvalue weighted by Crippen LogP contribution is -2.36. The summed E-state index contributed by atoms with van der Waals surface area (Å²) in [6.07, 6.45) is 0. The summed E-state index contributed by atoms with van der Waals surface area (Å²) in [6.45, 7) is 0. The van der Waals surface area contributed by atoms with E-state index in [9.17, 15) is 21.0 Å². The van der Waals surface area contributed by atoms with Crippen LogP contribution in [0.25, 0.3) is 38.8 Å². The first-order chi connectivity index (χ1) is 26.1. The Morgan fingerprint density at radius 1 is 0.434 bits per heavy atom. The highest BCUT2D eigenvalue weighted by atomic mass is 15.2. The monoisotopic (exact) mass is 673 g/mol.